The molecule has 0 amide bonds. The van der Waals surface area contributed by atoms with Gasteiger partial charge in [0, 0.05) is 12.4 Å². The molecule has 0 aromatic carbocycles. The van der Waals surface area contributed by atoms with Crippen molar-refractivity contribution in [2.75, 3.05) is 0 Å². The minimum absolute atomic E-state index is 0. The van der Waals surface area contributed by atoms with Crippen LogP contribution in [0.2, 0.25) is 0 Å². The van der Waals surface area contributed by atoms with Gasteiger partial charge in [-0.25, -0.2) is 0 Å². The number of nitrogens with zero attached hydrogens (tertiary/aromatic N) is 5. The van der Waals surface area contributed by atoms with E-state index in [0.717, 1.165) is 0 Å². The Hall–Kier alpha value is -2.46. The summed E-state index contributed by atoms with van der Waals surface area (Å²) < 4.78 is 0. The quantitative estimate of drug-likeness (QED) is 0.249. The van der Waals surface area contributed by atoms with E-state index in [2.05, 4.69) is 45.9 Å². The normalized spacial score (nSPS) is 11.3. The molecule has 10 heteroatoms. The number of pyridine rings is 1. The summed E-state index contributed by atoms with van der Waals surface area (Å²) in [6, 6.07) is 5.72. The minimum atomic E-state index is 0. The first-order chi connectivity index (χ1) is 12.4. The van der Waals surface area contributed by atoms with E-state index in [1.807, 2.05) is 18.2 Å². The molecule has 0 spiro atoms. The van der Waals surface area contributed by atoms with Crippen molar-refractivity contribution >= 4 is 22.8 Å². The van der Waals surface area contributed by atoms with E-state index in [-0.39, 0.29) is 16.8 Å². The average molecular weight is 427 g/mol. The predicted octanol–water partition coefficient (Wildman–Crippen LogP) is 4.07. The van der Waals surface area contributed by atoms with E-state index in [4.69, 9.17) is 20.8 Å². The SMILES string of the molecule is CC(=N\O)/C(C)=N/O.CC(=N\O)/C(C)=N/O.C[CH-]CC.[Co+2].c1ccncc1. The number of rotatable bonds is 3. The van der Waals surface area contributed by atoms with E-state index < -0.39 is 0 Å². The van der Waals surface area contributed by atoms with Crippen LogP contribution in [-0.4, -0.2) is 48.7 Å². The summed E-state index contributed by atoms with van der Waals surface area (Å²) in [4.78, 5) is 3.78. The second kappa shape index (κ2) is 25.8. The zero-order valence-corrected chi connectivity index (χ0v) is 17.6. The van der Waals surface area contributed by atoms with Crippen LogP contribution in [0.15, 0.2) is 51.2 Å². The molecule has 0 unspecified atom stereocenters. The van der Waals surface area contributed by atoms with Gasteiger partial charge in [0.25, 0.3) is 0 Å². The Morgan fingerprint density at radius 2 is 1.00 bits per heavy atom. The van der Waals surface area contributed by atoms with Gasteiger partial charge in [0.1, 0.15) is 22.8 Å². The predicted molar refractivity (Wildman–Crippen MR) is 104 cm³/mol. The van der Waals surface area contributed by atoms with Gasteiger partial charge in [-0.2, -0.15) is 13.3 Å². The minimum Gasteiger partial charge on any atom is -0.411 e. The van der Waals surface area contributed by atoms with Crippen molar-refractivity contribution in [3.63, 3.8) is 0 Å². The molecule has 0 aliphatic rings. The molecule has 0 saturated heterocycles. The molecule has 1 aromatic heterocycles. The fourth-order valence-electron chi connectivity index (χ4n) is 0.602. The summed E-state index contributed by atoms with van der Waals surface area (Å²) in [5.74, 6) is 0. The Bertz CT molecular complexity index is 457. The van der Waals surface area contributed by atoms with Crippen LogP contribution < -0.4 is 0 Å². The fourth-order valence-corrected chi connectivity index (χ4v) is 0.602. The standard InChI is InChI=1S/C5H5N.2C4H8N2O2.C4H9.Co/c1-2-4-6-5-3-1;2*1-3(5-7)4(2)6-8;1-3-4-2;/h1-5H;2*7-8H,1-2H3;3H,4H2,1-2H3;/q;;;-1;+2/b;2*5-3+,6-4+;;. The number of oxime groups is 4. The number of aromatic nitrogens is 1. The monoisotopic (exact) mass is 427 g/mol. The topological polar surface area (TPSA) is 143 Å². The van der Waals surface area contributed by atoms with Gasteiger partial charge in [-0.15, -0.1) is 0 Å². The second-order valence-electron chi connectivity index (χ2n) is 4.58. The third kappa shape index (κ3) is 25.9. The number of unbranched alkanes of at least 4 members (excludes halogenated alkanes) is 1. The van der Waals surface area contributed by atoms with Crippen molar-refractivity contribution in [2.24, 2.45) is 20.6 Å². The van der Waals surface area contributed by atoms with Crippen LogP contribution >= 0.6 is 0 Å². The summed E-state index contributed by atoms with van der Waals surface area (Å²) in [6.45, 7) is 10.3. The second-order valence-corrected chi connectivity index (χ2v) is 4.58. The maximum absolute atomic E-state index is 8.03. The van der Waals surface area contributed by atoms with E-state index in [1.54, 1.807) is 12.4 Å². The molecule has 0 aliphatic carbocycles. The first-order valence-electron chi connectivity index (χ1n) is 7.74. The van der Waals surface area contributed by atoms with Gasteiger partial charge in [-0.1, -0.05) is 33.6 Å². The average Bonchev–Trinajstić information content (AvgIpc) is 2.73. The maximum atomic E-state index is 8.03. The summed E-state index contributed by atoms with van der Waals surface area (Å²) in [7, 11) is 0. The van der Waals surface area contributed by atoms with Crippen LogP contribution in [0.5, 0.6) is 0 Å². The van der Waals surface area contributed by atoms with Crippen LogP contribution in [-0.2, 0) is 16.8 Å². The van der Waals surface area contributed by atoms with Crippen LogP contribution in [0.3, 0.4) is 0 Å². The first-order valence-corrected chi connectivity index (χ1v) is 7.74. The van der Waals surface area contributed by atoms with Gasteiger partial charge in [-0.3, -0.25) is 4.98 Å². The Kier molecular flexibility index (Phi) is 30.8. The molecule has 1 aromatic rings. The van der Waals surface area contributed by atoms with Crippen LogP contribution in [0.4, 0.5) is 0 Å². The van der Waals surface area contributed by atoms with Crippen LogP contribution in [0.25, 0.3) is 0 Å². The summed E-state index contributed by atoms with van der Waals surface area (Å²) in [5.41, 5.74) is 1.25. The molecule has 9 nitrogen and oxygen atoms in total. The van der Waals surface area contributed by atoms with Crippen molar-refractivity contribution in [3.8, 4) is 0 Å². The van der Waals surface area contributed by atoms with Gasteiger partial charge in [0.05, 0.1) is 0 Å². The Morgan fingerprint density at radius 1 is 0.741 bits per heavy atom. The number of hydrogen-bond donors (Lipinski definition) is 4. The molecule has 0 atom stereocenters. The van der Waals surface area contributed by atoms with Crippen molar-refractivity contribution in [1.82, 2.24) is 4.98 Å². The maximum Gasteiger partial charge on any atom is 2.00 e. The molecular weight excluding hydrogens is 397 g/mol. The molecule has 0 fully saturated rings. The van der Waals surface area contributed by atoms with Gasteiger partial charge in [0.15, 0.2) is 0 Å². The van der Waals surface area contributed by atoms with Crippen molar-refractivity contribution in [2.45, 2.75) is 48.0 Å². The van der Waals surface area contributed by atoms with Gasteiger partial charge in [-0.05, 0) is 39.8 Å². The Balaban J connectivity index is -0.000000133. The fraction of sp³-hybridized carbons (Fsp3) is 0.412. The van der Waals surface area contributed by atoms with Crippen molar-refractivity contribution in [3.05, 3.63) is 37.0 Å². The molecule has 1 heterocycles. The first kappa shape index (κ1) is 32.2. The van der Waals surface area contributed by atoms with Gasteiger partial charge in [0.2, 0.25) is 0 Å². The van der Waals surface area contributed by atoms with Gasteiger partial charge < -0.3 is 27.2 Å². The molecule has 155 valence electrons. The molecule has 1 rings (SSSR count). The largest absolute Gasteiger partial charge is 2.00 e. The molecule has 0 bridgehead atoms. The third-order valence-corrected chi connectivity index (χ3v) is 2.62. The molecule has 27 heavy (non-hydrogen) atoms. The summed E-state index contributed by atoms with van der Waals surface area (Å²) >= 11 is 0. The van der Waals surface area contributed by atoms with E-state index in [9.17, 15) is 0 Å². The summed E-state index contributed by atoms with van der Waals surface area (Å²) in [5, 5.41) is 43.3. The molecule has 4 N–H and O–H groups in total. The van der Waals surface area contributed by atoms with Crippen LogP contribution in [0.1, 0.15) is 48.0 Å². The van der Waals surface area contributed by atoms with E-state index >= 15 is 0 Å². The van der Waals surface area contributed by atoms with Crippen LogP contribution in [0, 0.1) is 6.42 Å². The third-order valence-electron chi connectivity index (χ3n) is 2.62. The smallest absolute Gasteiger partial charge is 0.411 e. The zero-order chi connectivity index (χ0) is 20.8. The Morgan fingerprint density at radius 3 is 1.07 bits per heavy atom. The molecule has 0 aliphatic heterocycles. The number of hydrogen-bond acceptors (Lipinski definition) is 9. The molecule has 1 radical (unpaired) electrons. The van der Waals surface area contributed by atoms with E-state index in [1.165, 1.54) is 34.1 Å². The molecular formula is C17H30CoN5O4+. The Labute approximate surface area is 171 Å². The summed E-state index contributed by atoms with van der Waals surface area (Å²) in [6.07, 6.45) is 6.82. The van der Waals surface area contributed by atoms with Crippen molar-refractivity contribution in [1.29, 1.82) is 0 Å². The van der Waals surface area contributed by atoms with E-state index in [0.29, 0.717) is 22.8 Å². The molecule has 0 saturated carbocycles. The van der Waals surface area contributed by atoms with Crippen molar-refractivity contribution < 1.29 is 37.6 Å². The van der Waals surface area contributed by atoms with Gasteiger partial charge >= 0.3 is 16.8 Å². The zero-order valence-electron chi connectivity index (χ0n) is 16.5.